The van der Waals surface area contributed by atoms with Gasteiger partial charge in [-0.25, -0.2) is 0 Å². The summed E-state index contributed by atoms with van der Waals surface area (Å²) in [7, 11) is 0. The number of amides is 6. The second-order valence-electron chi connectivity index (χ2n) is 12.7. The van der Waals surface area contributed by atoms with Gasteiger partial charge in [0.1, 0.15) is 0 Å². The second kappa shape index (κ2) is 25.7. The summed E-state index contributed by atoms with van der Waals surface area (Å²) in [5, 5.41) is 90.0. The molecule has 0 fully saturated rings. The molecule has 21 nitrogen and oxygen atoms in total. The molecule has 334 valence electrons. The fourth-order valence-corrected chi connectivity index (χ4v) is 15.1. The average Bonchev–Trinajstić information content (AvgIpc) is 3.18. The third kappa shape index (κ3) is 13.7. The molecule has 4 atom stereocenters. The van der Waals surface area contributed by atoms with E-state index in [1.165, 1.54) is 0 Å². The summed E-state index contributed by atoms with van der Waals surface area (Å²) < 4.78 is 0.292. The molecule has 0 bridgehead atoms. The van der Waals surface area contributed by atoms with Crippen LogP contribution < -0.4 is 21.3 Å². The van der Waals surface area contributed by atoms with E-state index >= 15 is 0 Å². The molecule has 2 rings (SSSR count). The van der Waals surface area contributed by atoms with E-state index in [2.05, 4.69) is 0 Å². The number of carbonyl (C=O) groups is 6. The molecule has 27 heteroatoms. The van der Waals surface area contributed by atoms with Crippen LogP contribution in [0.25, 0.3) is 0 Å². The molecule has 0 spiro atoms. The zero-order valence-corrected chi connectivity index (χ0v) is 43.7. The fourth-order valence-electron chi connectivity index (χ4n) is 5.55. The summed E-state index contributed by atoms with van der Waals surface area (Å²) in [6.07, 6.45) is -6.97. The van der Waals surface area contributed by atoms with Crippen molar-refractivity contribution in [3.63, 3.8) is 0 Å². The van der Waals surface area contributed by atoms with Crippen LogP contribution in [0.2, 0.25) is 0 Å². The number of anilines is 2. The minimum absolute atomic E-state index is 0.0249. The Balaban J connectivity index is 2.77. The second-order valence-corrected chi connectivity index (χ2v) is 19.2. The summed E-state index contributed by atoms with van der Waals surface area (Å²) in [6.45, 7) is -6.36. The first-order valence-corrected chi connectivity index (χ1v) is 23.4. The quantitative estimate of drug-likeness (QED) is 0.0393. The zero-order valence-electron chi connectivity index (χ0n) is 30.8. The van der Waals surface area contributed by atoms with E-state index in [-0.39, 0.29) is 67.9 Å². The highest BCUT2D eigenvalue weighted by atomic mass is 127. The number of primary amides is 2. The lowest BCUT2D eigenvalue weighted by Crippen LogP contribution is -2.45. The van der Waals surface area contributed by atoms with Crippen molar-refractivity contribution < 1.29 is 74.7 Å². The number of rotatable bonds is 24. The van der Waals surface area contributed by atoms with Gasteiger partial charge in [-0.1, -0.05) is 0 Å². The number of nitrogens with zero attached hydrogens (tertiary/aromatic N) is 4. The monoisotopic (exact) mass is 1520 g/mol. The van der Waals surface area contributed by atoms with Gasteiger partial charge < -0.3 is 77.0 Å². The fraction of sp³-hybridized carbons (Fsp3) is 0.455. The van der Waals surface area contributed by atoms with Crippen LogP contribution in [0.5, 0.6) is 0 Å². The van der Waals surface area contributed by atoms with Gasteiger partial charge in [-0.2, -0.15) is 0 Å². The van der Waals surface area contributed by atoms with Gasteiger partial charge in [0.05, 0.1) is 118 Å². The smallest absolute Gasteiger partial charge is 0.256 e. The Morgan fingerprint density at radius 1 is 0.450 bits per heavy atom. The molecule has 0 aromatic heterocycles. The highest BCUT2D eigenvalue weighted by molar-refractivity contribution is 14.1. The lowest BCUT2D eigenvalue weighted by molar-refractivity contribution is -0.108. The number of carbonyl (C=O) groups excluding carboxylic acids is 6. The molecule has 13 N–H and O–H groups in total. The number of aliphatic hydroxyl groups excluding tert-OH is 9. The van der Waals surface area contributed by atoms with Crippen LogP contribution in [0.3, 0.4) is 0 Å². The van der Waals surface area contributed by atoms with Crippen LogP contribution >= 0.6 is 136 Å². The minimum atomic E-state index is -1.64. The van der Waals surface area contributed by atoms with Crippen LogP contribution in [0.4, 0.5) is 11.4 Å². The van der Waals surface area contributed by atoms with Crippen LogP contribution in [-0.4, -0.2) is 188 Å². The standard InChI is InChI=1S/C33H40I6N6O15/c34-22-18(30(40)57)24(36)28(26(38)20(22)32(59)42(3-14(53)7-46)4-15(54)8-47)44(11-50)1-13(52)2-45(12-51)29-25(37)19(31(41)58)23(35)21(27(29)39)33(60)43(5-16(55)9-48)6-17(56)10-49/h11-17,46-49,52-56H,1-10H2,(H2,40,57)(H2,41,58). The zero-order chi connectivity index (χ0) is 45.9. The maximum absolute atomic E-state index is 14.1. The lowest BCUT2D eigenvalue weighted by atomic mass is 10.1. The molecule has 6 amide bonds. The topological polar surface area (TPSA) is 349 Å². The molecule has 0 aliphatic heterocycles. The van der Waals surface area contributed by atoms with Crippen molar-refractivity contribution in [3.05, 3.63) is 43.7 Å². The Bertz CT molecular complexity index is 1780. The SMILES string of the molecule is NC(=O)c1c(I)c(C(=O)N(CC(O)CO)CC(O)CO)c(I)c(N(C=O)CC(O)CN(C=O)c2c(I)c(C(N)=O)c(I)c(C(=O)N(CC(O)CO)CC(O)CO)c2I)c1I. The molecule has 0 heterocycles. The third-order valence-corrected chi connectivity index (χ3v) is 14.7. The van der Waals surface area contributed by atoms with Gasteiger partial charge in [0.25, 0.3) is 23.6 Å². The number of hydrogen-bond acceptors (Lipinski definition) is 15. The number of nitrogens with two attached hydrogens (primary N) is 2. The molecule has 60 heavy (non-hydrogen) atoms. The molecule has 4 unspecified atom stereocenters. The van der Waals surface area contributed by atoms with E-state index in [1.54, 1.807) is 136 Å². The van der Waals surface area contributed by atoms with Gasteiger partial charge in [-0.05, 0) is 136 Å². The predicted octanol–water partition coefficient (Wildman–Crippen LogP) is -2.20. The van der Waals surface area contributed by atoms with Crippen LogP contribution in [0, 0.1) is 21.4 Å². The van der Waals surface area contributed by atoms with E-state index in [0.717, 1.165) is 19.6 Å². The first kappa shape index (κ1) is 55.4. The summed E-state index contributed by atoms with van der Waals surface area (Å²) in [5.74, 6) is -3.81. The number of aliphatic hydroxyl groups is 9. The van der Waals surface area contributed by atoms with E-state index in [4.69, 9.17) is 11.5 Å². The van der Waals surface area contributed by atoms with Gasteiger partial charge in [0, 0.05) is 33.3 Å². The third-order valence-electron chi connectivity index (χ3n) is 8.29. The van der Waals surface area contributed by atoms with Crippen LogP contribution in [0.1, 0.15) is 41.4 Å². The van der Waals surface area contributed by atoms with Gasteiger partial charge in [-0.3, -0.25) is 28.8 Å². The molecule has 2 aromatic rings. The largest absolute Gasteiger partial charge is 0.394 e. The number of benzene rings is 2. The van der Waals surface area contributed by atoms with Crippen molar-refractivity contribution in [2.45, 2.75) is 30.5 Å². The van der Waals surface area contributed by atoms with E-state index < -0.39 is 120 Å². The van der Waals surface area contributed by atoms with Gasteiger partial charge in [0.15, 0.2) is 0 Å². The summed E-state index contributed by atoms with van der Waals surface area (Å²) in [5.41, 5.74) is 10.5. The maximum atomic E-state index is 14.1. The van der Waals surface area contributed by atoms with Gasteiger partial charge in [0.2, 0.25) is 12.8 Å². The van der Waals surface area contributed by atoms with Crippen molar-refractivity contribution in [2.75, 3.05) is 75.5 Å². The highest BCUT2D eigenvalue weighted by Crippen LogP contribution is 2.40. The van der Waals surface area contributed by atoms with E-state index in [9.17, 15) is 74.7 Å². The Morgan fingerprint density at radius 2 is 0.700 bits per heavy atom. The average molecular weight is 1520 g/mol. The Labute approximate surface area is 424 Å². The van der Waals surface area contributed by atoms with Crippen molar-refractivity contribution >= 4 is 183 Å². The van der Waals surface area contributed by atoms with E-state index in [0.29, 0.717) is 0 Å². The molecule has 2 aromatic carbocycles. The first-order valence-electron chi connectivity index (χ1n) is 16.9. The predicted molar refractivity (Wildman–Crippen MR) is 263 cm³/mol. The van der Waals surface area contributed by atoms with E-state index in [1.807, 2.05) is 0 Å². The van der Waals surface area contributed by atoms with Crippen molar-refractivity contribution in [2.24, 2.45) is 11.5 Å². The molecular formula is C33H40I6N6O15. The van der Waals surface area contributed by atoms with Gasteiger partial charge in [-0.15, -0.1) is 0 Å². The molecular weight excluding hydrogens is 1480 g/mol. The lowest BCUT2D eigenvalue weighted by Gasteiger charge is -2.31. The molecule has 0 saturated carbocycles. The number of halogens is 6. The van der Waals surface area contributed by atoms with Crippen molar-refractivity contribution in [1.29, 1.82) is 0 Å². The summed E-state index contributed by atoms with van der Waals surface area (Å²) >= 11 is 10.3. The Kier molecular flexibility index (Phi) is 23.7. The highest BCUT2D eigenvalue weighted by Gasteiger charge is 2.35. The molecule has 0 aliphatic carbocycles. The van der Waals surface area contributed by atoms with Crippen LogP contribution in [0.15, 0.2) is 0 Å². The Morgan fingerprint density at radius 3 is 0.917 bits per heavy atom. The molecule has 0 saturated heterocycles. The maximum Gasteiger partial charge on any atom is 0.256 e. The Hall–Kier alpha value is -0.720. The summed E-state index contributed by atoms with van der Waals surface area (Å²) in [6, 6.07) is 0. The summed E-state index contributed by atoms with van der Waals surface area (Å²) in [4.78, 5) is 83.1. The molecule has 0 radical (unpaired) electrons. The van der Waals surface area contributed by atoms with Crippen molar-refractivity contribution in [1.82, 2.24) is 9.80 Å². The van der Waals surface area contributed by atoms with Crippen molar-refractivity contribution in [3.8, 4) is 0 Å². The normalized spacial score (nSPS) is 13.8. The molecule has 0 aliphatic rings. The van der Waals surface area contributed by atoms with Crippen LogP contribution in [-0.2, 0) is 9.59 Å². The minimum Gasteiger partial charge on any atom is -0.394 e. The van der Waals surface area contributed by atoms with Gasteiger partial charge >= 0.3 is 0 Å². The number of hydrogen-bond donors (Lipinski definition) is 11. The first-order chi connectivity index (χ1) is 28.1.